The van der Waals surface area contributed by atoms with Crippen molar-refractivity contribution in [1.82, 2.24) is 9.88 Å². The molecule has 2 amide bonds. The number of amides is 2. The summed E-state index contributed by atoms with van der Waals surface area (Å²) >= 11 is 2.31. The second kappa shape index (κ2) is 6.71. The van der Waals surface area contributed by atoms with E-state index in [1.165, 1.54) is 25.1 Å². The van der Waals surface area contributed by atoms with E-state index in [0.29, 0.717) is 23.1 Å². The van der Waals surface area contributed by atoms with Gasteiger partial charge in [-0.3, -0.25) is 9.59 Å². The topological polar surface area (TPSA) is 88.6 Å². The fraction of sp³-hybridized carbons (Fsp3) is 0.455. The third kappa shape index (κ3) is 3.70. The van der Waals surface area contributed by atoms with Crippen LogP contribution in [0.3, 0.4) is 0 Å². The number of aromatic nitrogens is 1. The summed E-state index contributed by atoms with van der Waals surface area (Å²) in [6.45, 7) is 1.08. The van der Waals surface area contributed by atoms with E-state index >= 15 is 0 Å². The number of esters is 1. The molecule has 0 aromatic carbocycles. The SMILES string of the molecule is COC(=O)c1cnc(NC(=O)CCN2CCSC2=O)s1. The number of thiazole rings is 1. The lowest BCUT2D eigenvalue weighted by Crippen LogP contribution is -2.27. The minimum Gasteiger partial charge on any atom is -0.465 e. The first-order chi connectivity index (χ1) is 9.60. The highest BCUT2D eigenvalue weighted by molar-refractivity contribution is 8.13. The molecule has 2 heterocycles. The number of methoxy groups -OCH3 is 1. The molecule has 1 N–H and O–H groups in total. The summed E-state index contributed by atoms with van der Waals surface area (Å²) < 4.78 is 4.55. The summed E-state index contributed by atoms with van der Waals surface area (Å²) in [4.78, 5) is 40.2. The van der Waals surface area contributed by atoms with Gasteiger partial charge in [-0.1, -0.05) is 23.1 Å². The second-order valence-corrected chi connectivity index (χ2v) is 6.00. The normalized spacial score (nSPS) is 14.4. The molecule has 0 atom stereocenters. The van der Waals surface area contributed by atoms with Gasteiger partial charge in [0, 0.05) is 25.3 Å². The number of nitrogens with one attached hydrogen (secondary N) is 1. The zero-order chi connectivity index (χ0) is 14.5. The van der Waals surface area contributed by atoms with Crippen molar-refractivity contribution >= 4 is 45.3 Å². The number of ether oxygens (including phenoxy) is 1. The summed E-state index contributed by atoms with van der Waals surface area (Å²) in [6.07, 6.45) is 1.56. The molecule has 1 aliphatic rings. The van der Waals surface area contributed by atoms with Crippen LogP contribution in [0.4, 0.5) is 9.93 Å². The van der Waals surface area contributed by atoms with Crippen LogP contribution in [0.5, 0.6) is 0 Å². The summed E-state index contributed by atoms with van der Waals surface area (Å²) in [6, 6.07) is 0. The number of rotatable bonds is 5. The van der Waals surface area contributed by atoms with Gasteiger partial charge in [-0.15, -0.1) is 0 Å². The molecule has 1 fully saturated rings. The summed E-state index contributed by atoms with van der Waals surface area (Å²) in [5, 5.41) is 2.95. The maximum absolute atomic E-state index is 11.7. The van der Waals surface area contributed by atoms with Gasteiger partial charge in [-0.25, -0.2) is 9.78 Å². The molecule has 1 saturated heterocycles. The predicted octanol–water partition coefficient (Wildman–Crippen LogP) is 1.43. The first-order valence-corrected chi connectivity index (χ1v) is 7.66. The molecule has 0 unspecified atom stereocenters. The zero-order valence-corrected chi connectivity index (χ0v) is 12.4. The maximum Gasteiger partial charge on any atom is 0.349 e. The quantitative estimate of drug-likeness (QED) is 0.827. The van der Waals surface area contributed by atoms with Gasteiger partial charge in [0.1, 0.15) is 4.88 Å². The molecule has 0 spiro atoms. The van der Waals surface area contributed by atoms with Crippen molar-refractivity contribution in [1.29, 1.82) is 0 Å². The Morgan fingerprint density at radius 2 is 2.35 bits per heavy atom. The van der Waals surface area contributed by atoms with Crippen LogP contribution < -0.4 is 5.32 Å². The Labute approximate surface area is 123 Å². The lowest BCUT2D eigenvalue weighted by molar-refractivity contribution is -0.116. The van der Waals surface area contributed by atoms with Gasteiger partial charge in [0.25, 0.3) is 5.24 Å². The molecule has 9 heteroatoms. The Morgan fingerprint density at radius 3 is 3.00 bits per heavy atom. The van der Waals surface area contributed by atoms with Crippen LogP contribution in [0, 0.1) is 0 Å². The van der Waals surface area contributed by atoms with Gasteiger partial charge in [0.05, 0.1) is 13.3 Å². The number of carbonyl (C=O) groups is 3. The van der Waals surface area contributed by atoms with E-state index in [-0.39, 0.29) is 17.6 Å². The predicted molar refractivity (Wildman–Crippen MR) is 76.1 cm³/mol. The van der Waals surface area contributed by atoms with Crippen LogP contribution in [0.1, 0.15) is 16.1 Å². The fourth-order valence-electron chi connectivity index (χ4n) is 1.57. The zero-order valence-electron chi connectivity index (χ0n) is 10.7. The Kier molecular flexibility index (Phi) is 4.96. The number of carbonyl (C=O) groups excluding carboxylic acids is 3. The van der Waals surface area contributed by atoms with E-state index in [1.807, 2.05) is 0 Å². The van der Waals surface area contributed by atoms with Gasteiger partial charge in [0.15, 0.2) is 5.13 Å². The van der Waals surface area contributed by atoms with Crippen molar-refractivity contribution in [3.05, 3.63) is 11.1 Å². The van der Waals surface area contributed by atoms with Crippen LogP contribution in [0.2, 0.25) is 0 Å². The minimum absolute atomic E-state index is 0.0139. The van der Waals surface area contributed by atoms with Gasteiger partial charge in [-0.2, -0.15) is 0 Å². The molecule has 0 saturated carbocycles. The maximum atomic E-state index is 11.7. The summed E-state index contributed by atoms with van der Waals surface area (Å²) in [7, 11) is 1.28. The van der Waals surface area contributed by atoms with Crippen LogP contribution in [-0.4, -0.2) is 53.0 Å². The van der Waals surface area contributed by atoms with Crippen molar-refractivity contribution in [3.63, 3.8) is 0 Å². The third-order valence-corrected chi connectivity index (χ3v) is 4.38. The highest BCUT2D eigenvalue weighted by Crippen LogP contribution is 2.20. The fourth-order valence-corrected chi connectivity index (χ4v) is 3.18. The average Bonchev–Trinajstić information content (AvgIpc) is 3.05. The Hall–Kier alpha value is -1.61. The van der Waals surface area contributed by atoms with E-state index in [0.717, 1.165) is 17.1 Å². The molecule has 20 heavy (non-hydrogen) atoms. The van der Waals surface area contributed by atoms with E-state index in [9.17, 15) is 14.4 Å². The van der Waals surface area contributed by atoms with Crippen LogP contribution >= 0.6 is 23.1 Å². The van der Waals surface area contributed by atoms with Crippen molar-refractivity contribution < 1.29 is 19.1 Å². The van der Waals surface area contributed by atoms with E-state index in [2.05, 4.69) is 15.0 Å². The van der Waals surface area contributed by atoms with Crippen LogP contribution in [-0.2, 0) is 9.53 Å². The molecule has 1 aromatic rings. The molecule has 2 rings (SSSR count). The van der Waals surface area contributed by atoms with Crippen LogP contribution in [0.15, 0.2) is 6.20 Å². The van der Waals surface area contributed by atoms with Crippen LogP contribution in [0.25, 0.3) is 0 Å². The van der Waals surface area contributed by atoms with Crippen molar-refractivity contribution in [3.8, 4) is 0 Å². The monoisotopic (exact) mass is 315 g/mol. The number of hydrogen-bond donors (Lipinski definition) is 1. The molecule has 1 aliphatic heterocycles. The average molecular weight is 315 g/mol. The number of hydrogen-bond acceptors (Lipinski definition) is 7. The number of thioether (sulfide) groups is 1. The third-order valence-electron chi connectivity index (χ3n) is 2.59. The lowest BCUT2D eigenvalue weighted by atomic mass is 10.4. The summed E-state index contributed by atoms with van der Waals surface area (Å²) in [5.74, 6) is 0.0539. The molecule has 0 radical (unpaired) electrons. The summed E-state index contributed by atoms with van der Waals surface area (Å²) in [5.41, 5.74) is 0. The first kappa shape index (κ1) is 14.8. The smallest absolute Gasteiger partial charge is 0.349 e. The highest BCUT2D eigenvalue weighted by atomic mass is 32.2. The molecule has 0 bridgehead atoms. The second-order valence-electron chi connectivity index (χ2n) is 3.92. The first-order valence-electron chi connectivity index (χ1n) is 5.86. The van der Waals surface area contributed by atoms with Gasteiger partial charge < -0.3 is 15.0 Å². The molecule has 0 aliphatic carbocycles. The highest BCUT2D eigenvalue weighted by Gasteiger charge is 2.21. The van der Waals surface area contributed by atoms with Crippen molar-refractivity contribution in [2.75, 3.05) is 31.3 Å². The Balaban J connectivity index is 1.80. The van der Waals surface area contributed by atoms with E-state index in [4.69, 9.17) is 0 Å². The molecule has 108 valence electrons. The molecular weight excluding hydrogens is 302 g/mol. The molecule has 1 aromatic heterocycles. The Morgan fingerprint density at radius 1 is 1.55 bits per heavy atom. The number of nitrogens with zero attached hydrogens (tertiary/aromatic N) is 2. The molecule has 7 nitrogen and oxygen atoms in total. The largest absolute Gasteiger partial charge is 0.465 e. The molecular formula is C11H13N3O4S2. The van der Waals surface area contributed by atoms with Crippen molar-refractivity contribution in [2.24, 2.45) is 0 Å². The Bertz CT molecular complexity index is 531. The van der Waals surface area contributed by atoms with E-state index < -0.39 is 5.97 Å². The van der Waals surface area contributed by atoms with E-state index in [1.54, 1.807) is 4.90 Å². The van der Waals surface area contributed by atoms with Crippen molar-refractivity contribution in [2.45, 2.75) is 6.42 Å². The van der Waals surface area contributed by atoms with Gasteiger partial charge >= 0.3 is 5.97 Å². The lowest BCUT2D eigenvalue weighted by Gasteiger charge is -2.13. The minimum atomic E-state index is -0.484. The van der Waals surface area contributed by atoms with Gasteiger partial charge in [0.2, 0.25) is 5.91 Å². The van der Waals surface area contributed by atoms with Gasteiger partial charge in [-0.05, 0) is 0 Å². The number of anilines is 1. The standard InChI is InChI=1S/C11H13N3O4S2/c1-18-9(16)7-6-12-10(20-7)13-8(15)2-3-14-4-5-19-11(14)17/h6H,2-5H2,1H3,(H,12,13,15).